The maximum Gasteiger partial charge on any atom is 0.254 e. The lowest BCUT2D eigenvalue weighted by molar-refractivity contribution is 0.0923. The Morgan fingerprint density at radius 1 is 1.33 bits per heavy atom. The van der Waals surface area contributed by atoms with E-state index in [1.165, 1.54) is 0 Å². The summed E-state index contributed by atoms with van der Waals surface area (Å²) in [7, 11) is 0. The second-order valence-electron chi connectivity index (χ2n) is 3.60. The minimum Gasteiger partial charge on any atom is -0.349 e. The number of rotatable bonds is 0. The summed E-state index contributed by atoms with van der Waals surface area (Å²) in [5.41, 5.74) is -0.172. The van der Waals surface area contributed by atoms with Gasteiger partial charge in [0.2, 0.25) is 0 Å². The van der Waals surface area contributed by atoms with Gasteiger partial charge < -0.3 is 5.32 Å². The summed E-state index contributed by atoms with van der Waals surface area (Å²) in [6, 6.07) is 0.678. The maximum atomic E-state index is 13.2. The minimum atomic E-state index is -1.60. The summed E-state index contributed by atoms with van der Waals surface area (Å²) < 4.78 is 39.0. The molecule has 1 heterocycles. The number of hydrogen-bond donors (Lipinski definition) is 1. The molecule has 2 rings (SSSR count). The first-order valence-corrected chi connectivity index (χ1v) is 4.48. The van der Waals surface area contributed by atoms with Gasteiger partial charge in [0.05, 0.1) is 5.56 Å². The van der Waals surface area contributed by atoms with Gasteiger partial charge in [-0.25, -0.2) is 13.2 Å². The fourth-order valence-corrected chi connectivity index (χ4v) is 1.73. The van der Waals surface area contributed by atoms with Crippen molar-refractivity contribution in [1.29, 1.82) is 0 Å². The number of benzene rings is 1. The molecular formula is C10H8F3NO. The highest BCUT2D eigenvalue weighted by Gasteiger charge is 2.28. The van der Waals surface area contributed by atoms with Gasteiger partial charge in [0, 0.05) is 6.04 Å². The molecule has 1 aliphatic rings. The monoisotopic (exact) mass is 215 g/mol. The molecule has 1 aliphatic heterocycles. The number of nitrogens with one attached hydrogen (secondary N) is 1. The molecule has 1 unspecified atom stereocenters. The molecule has 0 spiro atoms. The molecule has 0 saturated heterocycles. The Hall–Kier alpha value is -1.52. The molecule has 0 aliphatic carbocycles. The van der Waals surface area contributed by atoms with E-state index in [1.54, 1.807) is 6.92 Å². The van der Waals surface area contributed by atoms with Gasteiger partial charge in [-0.3, -0.25) is 4.79 Å². The highest BCUT2D eigenvalue weighted by atomic mass is 19.2. The summed E-state index contributed by atoms with van der Waals surface area (Å²) in [6.07, 6.45) is 0.301. The van der Waals surface area contributed by atoms with E-state index in [0.717, 1.165) is 6.07 Å². The molecule has 0 fully saturated rings. The number of carbonyl (C=O) groups is 1. The Balaban J connectivity index is 2.66. The normalized spacial score (nSPS) is 19.7. The van der Waals surface area contributed by atoms with E-state index < -0.39 is 23.4 Å². The zero-order valence-electron chi connectivity index (χ0n) is 7.90. The first kappa shape index (κ1) is 10.0. The summed E-state index contributed by atoms with van der Waals surface area (Å²) in [5.74, 6) is -4.96. The molecule has 1 amide bonds. The number of carbonyl (C=O) groups excluding carboxylic acids is 1. The van der Waals surface area contributed by atoms with Crippen LogP contribution in [0.3, 0.4) is 0 Å². The van der Waals surface area contributed by atoms with Crippen LogP contribution in [0.1, 0.15) is 22.8 Å². The Kier molecular flexibility index (Phi) is 2.17. The quantitative estimate of drug-likeness (QED) is 0.656. The zero-order chi connectivity index (χ0) is 11.2. The van der Waals surface area contributed by atoms with Gasteiger partial charge in [0.15, 0.2) is 17.5 Å². The van der Waals surface area contributed by atoms with E-state index in [4.69, 9.17) is 0 Å². The molecule has 2 nitrogen and oxygen atoms in total. The summed E-state index contributed by atoms with van der Waals surface area (Å²) in [5, 5.41) is 2.45. The summed E-state index contributed by atoms with van der Waals surface area (Å²) in [6.45, 7) is 1.71. The molecule has 1 aromatic carbocycles. The Morgan fingerprint density at radius 3 is 2.67 bits per heavy atom. The fourth-order valence-electron chi connectivity index (χ4n) is 1.73. The van der Waals surface area contributed by atoms with E-state index in [2.05, 4.69) is 5.32 Å². The minimum absolute atomic E-state index is 0.200. The molecule has 0 radical (unpaired) electrons. The number of fused-ring (bicyclic) bond motifs is 1. The highest BCUT2D eigenvalue weighted by Crippen LogP contribution is 2.24. The SMILES string of the molecule is CC1Cc2cc(F)c(F)c(F)c2C(=O)N1. The first-order valence-electron chi connectivity index (χ1n) is 4.48. The molecule has 5 heteroatoms. The van der Waals surface area contributed by atoms with Gasteiger partial charge in [0.25, 0.3) is 5.91 Å². The first-order chi connectivity index (χ1) is 7.00. The third-order valence-electron chi connectivity index (χ3n) is 2.37. The number of hydrogen-bond acceptors (Lipinski definition) is 1. The molecule has 0 bridgehead atoms. The van der Waals surface area contributed by atoms with Crippen molar-refractivity contribution in [2.45, 2.75) is 19.4 Å². The van der Waals surface area contributed by atoms with Gasteiger partial charge in [-0.05, 0) is 25.0 Å². The van der Waals surface area contributed by atoms with Crippen LogP contribution < -0.4 is 5.32 Å². The van der Waals surface area contributed by atoms with Crippen molar-refractivity contribution in [3.05, 3.63) is 34.6 Å². The van der Waals surface area contributed by atoms with E-state index in [0.29, 0.717) is 6.42 Å². The number of halogens is 3. The average molecular weight is 215 g/mol. The Morgan fingerprint density at radius 2 is 2.00 bits per heavy atom. The van der Waals surface area contributed by atoms with Gasteiger partial charge in [-0.2, -0.15) is 0 Å². The van der Waals surface area contributed by atoms with Crippen LogP contribution in [-0.2, 0) is 6.42 Å². The molecule has 0 saturated carbocycles. The predicted molar refractivity (Wildman–Crippen MR) is 46.9 cm³/mol. The Labute approximate surface area is 84.1 Å². The van der Waals surface area contributed by atoms with E-state index in [9.17, 15) is 18.0 Å². The topological polar surface area (TPSA) is 29.1 Å². The van der Waals surface area contributed by atoms with E-state index >= 15 is 0 Å². The highest BCUT2D eigenvalue weighted by molar-refractivity contribution is 5.97. The molecule has 80 valence electrons. The Bertz CT molecular complexity index is 445. The van der Waals surface area contributed by atoms with Crippen molar-refractivity contribution in [2.75, 3.05) is 0 Å². The third kappa shape index (κ3) is 1.48. The summed E-state index contributed by atoms with van der Waals surface area (Å²) in [4.78, 5) is 11.3. The van der Waals surface area contributed by atoms with Crippen LogP contribution in [0.25, 0.3) is 0 Å². The van der Waals surface area contributed by atoms with Crippen LogP contribution in [0, 0.1) is 17.5 Å². The number of amides is 1. The average Bonchev–Trinajstić information content (AvgIpc) is 2.13. The van der Waals surface area contributed by atoms with Crippen LogP contribution in [0.2, 0.25) is 0 Å². The molecule has 15 heavy (non-hydrogen) atoms. The van der Waals surface area contributed by atoms with Gasteiger partial charge in [-0.15, -0.1) is 0 Å². The molecule has 1 N–H and O–H groups in total. The maximum absolute atomic E-state index is 13.2. The lowest BCUT2D eigenvalue weighted by atomic mass is 9.95. The van der Waals surface area contributed by atoms with Crippen LogP contribution in [0.4, 0.5) is 13.2 Å². The second kappa shape index (κ2) is 3.25. The second-order valence-corrected chi connectivity index (χ2v) is 3.60. The lowest BCUT2D eigenvalue weighted by Crippen LogP contribution is -2.40. The van der Waals surface area contributed by atoms with Crippen molar-refractivity contribution in [3.63, 3.8) is 0 Å². The molecular weight excluding hydrogens is 207 g/mol. The van der Waals surface area contributed by atoms with Crippen LogP contribution in [0.15, 0.2) is 6.07 Å². The van der Waals surface area contributed by atoms with Gasteiger partial charge in [-0.1, -0.05) is 0 Å². The lowest BCUT2D eigenvalue weighted by Gasteiger charge is -2.22. The molecule has 0 aromatic heterocycles. The largest absolute Gasteiger partial charge is 0.349 e. The smallest absolute Gasteiger partial charge is 0.254 e. The van der Waals surface area contributed by atoms with E-state index in [1.807, 2.05) is 0 Å². The van der Waals surface area contributed by atoms with Gasteiger partial charge >= 0.3 is 0 Å². The van der Waals surface area contributed by atoms with E-state index in [-0.39, 0.29) is 17.2 Å². The third-order valence-corrected chi connectivity index (χ3v) is 2.37. The predicted octanol–water partition coefficient (Wildman–Crippen LogP) is 1.78. The van der Waals surface area contributed by atoms with Crippen molar-refractivity contribution in [2.24, 2.45) is 0 Å². The zero-order valence-corrected chi connectivity index (χ0v) is 7.90. The molecule has 1 aromatic rings. The van der Waals surface area contributed by atoms with Crippen molar-refractivity contribution in [3.8, 4) is 0 Å². The standard InChI is InChI=1S/C10H8F3NO/c1-4-2-5-3-6(11)8(12)9(13)7(5)10(15)14-4/h3-4H,2H2,1H3,(H,14,15). The van der Waals surface area contributed by atoms with Crippen molar-refractivity contribution >= 4 is 5.91 Å². The molecule has 1 atom stereocenters. The van der Waals surface area contributed by atoms with Crippen molar-refractivity contribution < 1.29 is 18.0 Å². The van der Waals surface area contributed by atoms with Crippen LogP contribution in [0.5, 0.6) is 0 Å². The summed E-state index contributed by atoms with van der Waals surface area (Å²) >= 11 is 0. The van der Waals surface area contributed by atoms with Crippen LogP contribution in [-0.4, -0.2) is 11.9 Å². The fraction of sp³-hybridized carbons (Fsp3) is 0.300. The van der Waals surface area contributed by atoms with Crippen molar-refractivity contribution in [1.82, 2.24) is 5.32 Å². The van der Waals surface area contributed by atoms with Crippen LogP contribution >= 0.6 is 0 Å². The van der Waals surface area contributed by atoms with Gasteiger partial charge in [0.1, 0.15) is 0 Å².